The number of rotatable bonds is 6. The number of ether oxygens (including phenoxy) is 1. The van der Waals surface area contributed by atoms with E-state index in [1.807, 2.05) is 54.6 Å². The Morgan fingerprint density at radius 1 is 1.00 bits per heavy atom. The van der Waals surface area contributed by atoms with E-state index in [0.717, 1.165) is 21.9 Å². The van der Waals surface area contributed by atoms with E-state index in [4.69, 9.17) is 4.74 Å². The Morgan fingerprint density at radius 2 is 1.75 bits per heavy atom. The fourth-order valence-corrected chi connectivity index (χ4v) is 2.16. The van der Waals surface area contributed by atoms with Crippen molar-refractivity contribution in [3.8, 4) is 6.01 Å². The maximum Gasteiger partial charge on any atom is 0.318 e. The third-order valence-corrected chi connectivity index (χ3v) is 3.63. The third-order valence-electron chi connectivity index (χ3n) is 3.10. The Labute approximate surface area is 147 Å². The van der Waals surface area contributed by atoms with Crippen LogP contribution in [0.5, 0.6) is 6.01 Å². The molecule has 24 heavy (non-hydrogen) atoms. The zero-order valence-electron chi connectivity index (χ0n) is 12.5. The maximum absolute atomic E-state index is 13.8. The van der Waals surface area contributed by atoms with Gasteiger partial charge in [-0.1, -0.05) is 46.3 Å². The summed E-state index contributed by atoms with van der Waals surface area (Å²) in [4.78, 5) is 7.87. The molecule has 1 heterocycles. The van der Waals surface area contributed by atoms with Crippen LogP contribution in [0.2, 0.25) is 0 Å². The molecule has 0 unspecified atom stereocenters. The van der Waals surface area contributed by atoms with Crippen LogP contribution in [0.25, 0.3) is 0 Å². The molecule has 0 bridgehead atoms. The summed E-state index contributed by atoms with van der Waals surface area (Å²) in [6.07, 6.45) is 1.07. The number of anilines is 2. The van der Waals surface area contributed by atoms with Gasteiger partial charge in [0.15, 0.2) is 11.6 Å². The number of hydrogen-bond donors (Lipinski definition) is 2. The summed E-state index contributed by atoms with van der Waals surface area (Å²) >= 11 is 3.35. The fourth-order valence-electron chi connectivity index (χ4n) is 1.89. The zero-order valence-corrected chi connectivity index (χ0v) is 14.1. The van der Waals surface area contributed by atoms with Gasteiger partial charge in [-0.05, 0) is 29.8 Å². The lowest BCUT2D eigenvalue weighted by Crippen LogP contribution is -2.12. The van der Waals surface area contributed by atoms with E-state index in [2.05, 4.69) is 36.7 Å². The third kappa shape index (κ3) is 4.42. The van der Waals surface area contributed by atoms with Crippen LogP contribution < -0.4 is 15.6 Å². The molecule has 5 nitrogen and oxygen atoms in total. The Morgan fingerprint density at radius 3 is 2.50 bits per heavy atom. The Balaban J connectivity index is 1.64. The topological polar surface area (TPSA) is 59.1 Å². The van der Waals surface area contributed by atoms with Gasteiger partial charge in [-0.15, -0.1) is 0 Å². The van der Waals surface area contributed by atoms with Gasteiger partial charge >= 0.3 is 6.01 Å². The second-order valence-electron chi connectivity index (χ2n) is 4.88. The van der Waals surface area contributed by atoms with Crippen molar-refractivity contribution < 1.29 is 9.13 Å². The molecular weight excluding hydrogens is 375 g/mol. The normalized spacial score (nSPS) is 10.2. The lowest BCUT2D eigenvalue weighted by Gasteiger charge is -2.11. The lowest BCUT2D eigenvalue weighted by atomic mass is 10.2. The van der Waals surface area contributed by atoms with Crippen LogP contribution >= 0.6 is 15.9 Å². The number of aromatic nitrogens is 2. The monoisotopic (exact) mass is 388 g/mol. The van der Waals surface area contributed by atoms with Crippen LogP contribution in [0, 0.1) is 5.82 Å². The second kappa shape index (κ2) is 7.74. The van der Waals surface area contributed by atoms with E-state index in [1.165, 1.54) is 0 Å². The molecule has 0 aliphatic rings. The summed E-state index contributed by atoms with van der Waals surface area (Å²) in [6.45, 7) is 0.312. The molecule has 3 rings (SSSR count). The molecule has 0 aliphatic heterocycles. The van der Waals surface area contributed by atoms with Crippen LogP contribution in [0.3, 0.4) is 0 Å². The average Bonchev–Trinajstić information content (AvgIpc) is 2.62. The minimum Gasteiger partial charge on any atom is -0.459 e. The highest BCUT2D eigenvalue weighted by atomic mass is 79.9. The first-order valence-corrected chi connectivity index (χ1v) is 7.97. The molecule has 7 heteroatoms. The van der Waals surface area contributed by atoms with Crippen LogP contribution in [-0.2, 0) is 6.61 Å². The van der Waals surface area contributed by atoms with Crippen molar-refractivity contribution in [2.75, 3.05) is 10.9 Å². The lowest BCUT2D eigenvalue weighted by molar-refractivity contribution is 0.280. The van der Waals surface area contributed by atoms with Crippen LogP contribution in [0.15, 0.2) is 65.3 Å². The molecule has 0 aliphatic carbocycles. The molecule has 2 aromatic carbocycles. The van der Waals surface area contributed by atoms with Crippen LogP contribution in [0.4, 0.5) is 15.9 Å². The van der Waals surface area contributed by atoms with Gasteiger partial charge in [-0.3, -0.25) is 10.9 Å². The summed E-state index contributed by atoms with van der Waals surface area (Å²) in [5, 5.41) is 0. The van der Waals surface area contributed by atoms with E-state index < -0.39 is 5.82 Å². The van der Waals surface area contributed by atoms with Crippen molar-refractivity contribution >= 4 is 27.4 Å². The van der Waals surface area contributed by atoms with Crippen LogP contribution in [-0.4, -0.2) is 9.97 Å². The molecule has 0 saturated heterocycles. The highest BCUT2D eigenvalue weighted by Crippen LogP contribution is 2.17. The molecule has 0 spiro atoms. The highest BCUT2D eigenvalue weighted by Gasteiger charge is 2.08. The van der Waals surface area contributed by atoms with Gasteiger partial charge in [0, 0.05) is 4.47 Å². The number of nitrogens with one attached hydrogen (secondary N) is 2. The molecule has 0 fully saturated rings. The first kappa shape index (κ1) is 16.2. The second-order valence-corrected chi connectivity index (χ2v) is 5.80. The first-order chi connectivity index (χ1) is 11.7. The summed E-state index contributed by atoms with van der Waals surface area (Å²) in [7, 11) is 0. The largest absolute Gasteiger partial charge is 0.459 e. The zero-order chi connectivity index (χ0) is 16.8. The molecule has 1 aromatic heterocycles. The van der Waals surface area contributed by atoms with Crippen molar-refractivity contribution in [2.24, 2.45) is 0 Å². The minimum atomic E-state index is -0.577. The fraction of sp³-hybridized carbons (Fsp3) is 0.0588. The highest BCUT2D eigenvalue weighted by molar-refractivity contribution is 9.10. The van der Waals surface area contributed by atoms with E-state index in [9.17, 15) is 4.39 Å². The molecule has 0 amide bonds. The SMILES string of the molecule is Fc1cnc(OCc2ccccc2)nc1NNc1ccc(Br)cc1. The number of hydrogen-bond acceptors (Lipinski definition) is 5. The Kier molecular flexibility index (Phi) is 5.22. The van der Waals surface area contributed by atoms with E-state index in [0.29, 0.717) is 6.61 Å². The van der Waals surface area contributed by atoms with Gasteiger partial charge in [-0.2, -0.15) is 4.98 Å². The smallest absolute Gasteiger partial charge is 0.318 e. The quantitative estimate of drug-likeness (QED) is 0.613. The molecule has 3 aromatic rings. The van der Waals surface area contributed by atoms with Crippen molar-refractivity contribution in [1.82, 2.24) is 9.97 Å². The molecule has 0 saturated carbocycles. The number of benzene rings is 2. The molecule has 2 N–H and O–H groups in total. The van der Waals surface area contributed by atoms with Crippen LogP contribution in [0.1, 0.15) is 5.56 Å². The van der Waals surface area contributed by atoms with Crippen molar-refractivity contribution in [3.63, 3.8) is 0 Å². The Bertz CT molecular complexity index is 799. The standard InChI is InChI=1S/C17H14BrFN4O/c18-13-6-8-14(9-7-13)22-23-16-15(19)10-20-17(21-16)24-11-12-4-2-1-3-5-12/h1-10,22H,11H2,(H,20,21,23). The molecular formula is C17H14BrFN4O. The predicted molar refractivity (Wildman–Crippen MR) is 94.2 cm³/mol. The molecule has 0 radical (unpaired) electrons. The summed E-state index contributed by atoms with van der Waals surface area (Å²) in [5.41, 5.74) is 7.34. The minimum absolute atomic E-state index is 0.0102. The average molecular weight is 389 g/mol. The van der Waals surface area contributed by atoms with Gasteiger partial charge < -0.3 is 4.74 Å². The number of hydrazine groups is 1. The molecule has 122 valence electrons. The van der Waals surface area contributed by atoms with Crippen molar-refractivity contribution in [1.29, 1.82) is 0 Å². The summed E-state index contributed by atoms with van der Waals surface area (Å²) in [5.74, 6) is -0.567. The van der Waals surface area contributed by atoms with Crippen molar-refractivity contribution in [3.05, 3.63) is 76.6 Å². The van der Waals surface area contributed by atoms with Gasteiger partial charge in [0.25, 0.3) is 0 Å². The van der Waals surface area contributed by atoms with E-state index in [-0.39, 0.29) is 11.8 Å². The first-order valence-electron chi connectivity index (χ1n) is 7.17. The summed E-state index contributed by atoms with van der Waals surface area (Å²) in [6, 6.07) is 17.1. The molecule has 0 atom stereocenters. The number of nitrogens with zero attached hydrogens (tertiary/aromatic N) is 2. The maximum atomic E-state index is 13.8. The van der Waals surface area contributed by atoms with Gasteiger partial charge in [0.05, 0.1) is 11.9 Å². The summed E-state index contributed by atoms with van der Waals surface area (Å²) < 4.78 is 20.3. The number of halogens is 2. The Hall–Kier alpha value is -2.67. The van der Waals surface area contributed by atoms with Crippen molar-refractivity contribution in [2.45, 2.75) is 6.61 Å². The van der Waals surface area contributed by atoms with Gasteiger partial charge in [0.2, 0.25) is 0 Å². The van der Waals surface area contributed by atoms with Gasteiger partial charge in [-0.25, -0.2) is 9.37 Å². The van der Waals surface area contributed by atoms with Gasteiger partial charge in [0.1, 0.15) is 6.61 Å². The van der Waals surface area contributed by atoms with E-state index >= 15 is 0 Å². The van der Waals surface area contributed by atoms with E-state index in [1.54, 1.807) is 0 Å². The predicted octanol–water partition coefficient (Wildman–Crippen LogP) is 4.40.